The third kappa shape index (κ3) is 7.60. The Kier molecular flexibility index (Phi) is 11.6. The fraction of sp³-hybridized carbons (Fsp3) is 0.524. The highest BCUT2D eigenvalue weighted by Crippen LogP contribution is 2.29. The summed E-state index contributed by atoms with van der Waals surface area (Å²) in [6, 6.07) is 0. The van der Waals surface area contributed by atoms with Crippen molar-refractivity contribution in [2.45, 2.75) is 71.4 Å². The Morgan fingerprint density at radius 3 is 1.88 bits per heavy atom. The molecular formula is C21H27F3. The summed E-state index contributed by atoms with van der Waals surface area (Å²) in [7, 11) is 0. The fourth-order valence-electron chi connectivity index (χ4n) is 2.45. The fourth-order valence-corrected chi connectivity index (χ4v) is 2.45. The van der Waals surface area contributed by atoms with Gasteiger partial charge in [-0.1, -0.05) is 63.9 Å². The first-order chi connectivity index (χ1) is 11.4. The molecule has 0 amide bonds. The van der Waals surface area contributed by atoms with E-state index < -0.39 is 29.0 Å². The Bertz CT molecular complexity index is 551. The van der Waals surface area contributed by atoms with E-state index in [0.717, 1.165) is 19.3 Å². The molecule has 132 valence electrons. The van der Waals surface area contributed by atoms with E-state index in [2.05, 4.69) is 13.5 Å². The summed E-state index contributed by atoms with van der Waals surface area (Å²) in [5.41, 5.74) is -0.939. The maximum atomic E-state index is 14.6. The van der Waals surface area contributed by atoms with Crippen LogP contribution in [0.3, 0.4) is 0 Å². The summed E-state index contributed by atoms with van der Waals surface area (Å²) in [5, 5.41) is 0. The topological polar surface area (TPSA) is 0 Å². The molecule has 0 rings (SSSR count). The Balaban J connectivity index is 5.08. The lowest BCUT2D eigenvalue weighted by molar-refractivity contribution is 0.387. The zero-order chi connectivity index (χ0) is 18.5. The highest BCUT2D eigenvalue weighted by Gasteiger charge is 2.19. The van der Waals surface area contributed by atoms with Crippen molar-refractivity contribution in [1.82, 2.24) is 0 Å². The third-order valence-corrected chi connectivity index (χ3v) is 3.84. The second-order valence-corrected chi connectivity index (χ2v) is 5.77. The normalized spacial score (nSPS) is 14.1. The smallest absolute Gasteiger partial charge is 0.142 e. The monoisotopic (exact) mass is 336 g/mol. The molecule has 0 aromatic rings. The molecule has 0 aliphatic carbocycles. The van der Waals surface area contributed by atoms with Gasteiger partial charge < -0.3 is 0 Å². The van der Waals surface area contributed by atoms with Crippen LogP contribution in [0.1, 0.15) is 65.2 Å². The van der Waals surface area contributed by atoms with Crippen molar-refractivity contribution in [2.24, 2.45) is 0 Å². The van der Waals surface area contributed by atoms with Gasteiger partial charge in [-0.15, -0.1) is 12.8 Å². The Morgan fingerprint density at radius 2 is 1.46 bits per heavy atom. The van der Waals surface area contributed by atoms with Crippen LogP contribution in [-0.2, 0) is 0 Å². The zero-order valence-electron chi connectivity index (χ0n) is 14.7. The van der Waals surface area contributed by atoms with Gasteiger partial charge in [-0.25, -0.2) is 13.2 Å². The van der Waals surface area contributed by atoms with Gasteiger partial charge in [0.2, 0.25) is 0 Å². The highest BCUT2D eigenvalue weighted by atomic mass is 19.1. The predicted octanol–water partition coefficient (Wildman–Crippen LogP) is 6.75. The van der Waals surface area contributed by atoms with E-state index in [1.54, 1.807) is 0 Å². The molecule has 0 aromatic heterocycles. The molecule has 1 unspecified atom stereocenters. The standard InChI is InChI=1S/C21H27F3/c1-6-9-10-11-12-13-14-15-20(17(5)23)21(24)19(8-3)18(7-2)16(4)22/h2-3,17H,4,6,9-15H2,1,5H3/b19-18-,21-20+. The maximum absolute atomic E-state index is 14.6. The summed E-state index contributed by atoms with van der Waals surface area (Å²) in [6.45, 7) is 6.44. The quantitative estimate of drug-likeness (QED) is 0.222. The molecule has 0 N–H and O–H groups in total. The molecule has 24 heavy (non-hydrogen) atoms. The molecule has 0 fully saturated rings. The van der Waals surface area contributed by atoms with Crippen molar-refractivity contribution in [3.8, 4) is 24.7 Å². The SMILES string of the molecule is C#C/C(C(=C)F)=C(C#C)/C(F)=C(/CCCCCCCCC)C(C)F. The zero-order valence-corrected chi connectivity index (χ0v) is 14.7. The van der Waals surface area contributed by atoms with E-state index >= 15 is 0 Å². The molecule has 0 bridgehead atoms. The van der Waals surface area contributed by atoms with Gasteiger partial charge in [0, 0.05) is 5.57 Å². The van der Waals surface area contributed by atoms with E-state index in [4.69, 9.17) is 12.8 Å². The molecule has 0 spiro atoms. The summed E-state index contributed by atoms with van der Waals surface area (Å²) in [4.78, 5) is 0. The molecule has 0 aliphatic rings. The summed E-state index contributed by atoms with van der Waals surface area (Å²) in [5.74, 6) is 2.08. The average molecular weight is 336 g/mol. The maximum Gasteiger partial charge on any atom is 0.142 e. The van der Waals surface area contributed by atoms with Crippen LogP contribution in [-0.4, -0.2) is 6.17 Å². The van der Waals surface area contributed by atoms with Crippen molar-refractivity contribution in [3.05, 3.63) is 35.0 Å². The van der Waals surface area contributed by atoms with Gasteiger partial charge in [-0.3, -0.25) is 0 Å². The molecule has 1 atom stereocenters. The number of allylic oxidation sites excluding steroid dienone is 5. The summed E-state index contributed by atoms with van der Waals surface area (Å²) in [6.07, 6.45) is 16.4. The molecular weight excluding hydrogens is 309 g/mol. The van der Waals surface area contributed by atoms with Gasteiger partial charge in [-0.05, 0) is 19.8 Å². The van der Waals surface area contributed by atoms with Crippen LogP contribution in [0.25, 0.3) is 0 Å². The minimum Gasteiger partial charge on any atom is -0.243 e. The number of halogens is 3. The number of unbranched alkanes of at least 4 members (excludes halogenated alkanes) is 6. The number of terminal acetylenes is 2. The average Bonchev–Trinajstić information content (AvgIpc) is 2.53. The van der Waals surface area contributed by atoms with E-state index in [9.17, 15) is 13.2 Å². The van der Waals surface area contributed by atoms with E-state index in [-0.39, 0.29) is 12.0 Å². The van der Waals surface area contributed by atoms with Crippen LogP contribution in [0.4, 0.5) is 13.2 Å². The van der Waals surface area contributed by atoms with E-state index in [0.29, 0.717) is 6.42 Å². The Hall–Kier alpha value is -1.87. The van der Waals surface area contributed by atoms with Crippen LogP contribution in [0, 0.1) is 24.7 Å². The van der Waals surface area contributed by atoms with Crippen LogP contribution < -0.4 is 0 Å². The lowest BCUT2D eigenvalue weighted by Gasteiger charge is -2.12. The molecule has 3 heteroatoms. The van der Waals surface area contributed by atoms with Crippen molar-refractivity contribution in [3.63, 3.8) is 0 Å². The lowest BCUT2D eigenvalue weighted by atomic mass is 9.97. The summed E-state index contributed by atoms with van der Waals surface area (Å²) >= 11 is 0. The first-order valence-electron chi connectivity index (χ1n) is 8.45. The third-order valence-electron chi connectivity index (χ3n) is 3.84. The van der Waals surface area contributed by atoms with Gasteiger partial charge >= 0.3 is 0 Å². The van der Waals surface area contributed by atoms with E-state index in [1.807, 2.05) is 11.8 Å². The first-order valence-corrected chi connectivity index (χ1v) is 8.45. The van der Waals surface area contributed by atoms with Crippen LogP contribution in [0.15, 0.2) is 35.0 Å². The van der Waals surface area contributed by atoms with Gasteiger partial charge in [0.25, 0.3) is 0 Å². The van der Waals surface area contributed by atoms with Crippen molar-refractivity contribution in [2.75, 3.05) is 0 Å². The molecule has 0 aliphatic heterocycles. The number of rotatable bonds is 11. The van der Waals surface area contributed by atoms with Gasteiger partial charge in [0.05, 0.1) is 11.1 Å². The van der Waals surface area contributed by atoms with Gasteiger partial charge in [0.15, 0.2) is 0 Å². The highest BCUT2D eigenvalue weighted by molar-refractivity contribution is 5.57. The Labute approximate surface area is 144 Å². The molecule has 0 saturated heterocycles. The molecule has 0 aromatic carbocycles. The van der Waals surface area contributed by atoms with Crippen LogP contribution >= 0.6 is 0 Å². The lowest BCUT2D eigenvalue weighted by Crippen LogP contribution is -2.04. The predicted molar refractivity (Wildman–Crippen MR) is 96.3 cm³/mol. The van der Waals surface area contributed by atoms with E-state index in [1.165, 1.54) is 26.2 Å². The van der Waals surface area contributed by atoms with Gasteiger partial charge in [-0.2, -0.15) is 0 Å². The number of hydrogen-bond donors (Lipinski definition) is 0. The van der Waals surface area contributed by atoms with Gasteiger partial charge in [0.1, 0.15) is 17.8 Å². The molecule has 0 saturated carbocycles. The van der Waals surface area contributed by atoms with Crippen LogP contribution in [0.2, 0.25) is 0 Å². The largest absolute Gasteiger partial charge is 0.243 e. The van der Waals surface area contributed by atoms with Crippen LogP contribution in [0.5, 0.6) is 0 Å². The summed E-state index contributed by atoms with van der Waals surface area (Å²) < 4.78 is 41.7. The van der Waals surface area contributed by atoms with Crippen molar-refractivity contribution < 1.29 is 13.2 Å². The second kappa shape index (κ2) is 12.5. The Morgan fingerprint density at radius 1 is 0.958 bits per heavy atom. The van der Waals surface area contributed by atoms with Crippen molar-refractivity contribution >= 4 is 0 Å². The molecule has 0 radical (unpaired) electrons. The number of hydrogen-bond acceptors (Lipinski definition) is 0. The first kappa shape index (κ1) is 22.1. The minimum atomic E-state index is -1.51. The number of alkyl halides is 1. The molecule has 0 nitrogen and oxygen atoms in total. The second-order valence-electron chi connectivity index (χ2n) is 5.77. The van der Waals surface area contributed by atoms with Crippen molar-refractivity contribution in [1.29, 1.82) is 0 Å². The minimum absolute atomic E-state index is 0.0643. The molecule has 0 heterocycles.